The fraction of sp³-hybridized carbons (Fsp3) is 0.462. The van der Waals surface area contributed by atoms with Gasteiger partial charge in [-0.2, -0.15) is 0 Å². The van der Waals surface area contributed by atoms with E-state index in [1.54, 1.807) is 18.4 Å². The lowest BCUT2D eigenvalue weighted by Crippen LogP contribution is -2.41. The number of thiophene rings is 1. The first-order valence-corrected chi connectivity index (χ1v) is 8.88. The van der Waals surface area contributed by atoms with E-state index in [9.17, 15) is 9.59 Å². The lowest BCUT2D eigenvalue weighted by molar-refractivity contribution is -0.133. The third-order valence-corrected chi connectivity index (χ3v) is 4.89. The van der Waals surface area contributed by atoms with Crippen LogP contribution >= 0.6 is 23.1 Å². The van der Waals surface area contributed by atoms with Crippen molar-refractivity contribution in [3.8, 4) is 0 Å². The van der Waals surface area contributed by atoms with Gasteiger partial charge >= 0.3 is 0 Å². The average Bonchev–Trinajstić information content (AvgIpc) is 3.19. The summed E-state index contributed by atoms with van der Waals surface area (Å²) in [5.41, 5.74) is 0. The maximum atomic E-state index is 12.2. The van der Waals surface area contributed by atoms with Crippen molar-refractivity contribution in [3.05, 3.63) is 22.4 Å². The van der Waals surface area contributed by atoms with E-state index in [-0.39, 0.29) is 24.1 Å². The summed E-state index contributed by atoms with van der Waals surface area (Å²) in [6.07, 6.45) is 0. The number of likely N-dealkylation sites (N-methyl/N-ethyl adjacent to an activating group) is 1. The molecule has 0 atom stereocenters. The average molecular weight is 354 g/mol. The molecule has 0 spiro atoms. The second-order valence-electron chi connectivity index (χ2n) is 4.64. The van der Waals surface area contributed by atoms with Gasteiger partial charge in [0.05, 0.1) is 18.8 Å². The van der Waals surface area contributed by atoms with E-state index in [0.29, 0.717) is 18.2 Å². The molecule has 2 aromatic heterocycles. The number of rotatable bonds is 8. The molecule has 0 aliphatic heterocycles. The number of hydrogen-bond acceptors (Lipinski definition) is 7. The molecule has 23 heavy (non-hydrogen) atoms. The minimum Gasteiger partial charge on any atom is -0.350 e. The molecule has 0 bridgehead atoms. The van der Waals surface area contributed by atoms with Gasteiger partial charge in [-0.05, 0) is 28.8 Å². The molecule has 0 aliphatic carbocycles. The molecule has 10 heteroatoms. The maximum Gasteiger partial charge on any atom is 0.239 e. The van der Waals surface area contributed by atoms with Gasteiger partial charge in [0.1, 0.15) is 0 Å². The minimum absolute atomic E-state index is 0.0539. The first-order chi connectivity index (χ1) is 11.1. The summed E-state index contributed by atoms with van der Waals surface area (Å²) in [6, 6.07) is 3.89. The molecule has 8 nitrogen and oxygen atoms in total. The number of nitrogens with one attached hydrogen (secondary N) is 1. The summed E-state index contributed by atoms with van der Waals surface area (Å²) < 4.78 is 1.50. The zero-order chi connectivity index (χ0) is 16.7. The van der Waals surface area contributed by atoms with Gasteiger partial charge in [0.25, 0.3) is 0 Å². The summed E-state index contributed by atoms with van der Waals surface area (Å²) in [4.78, 5) is 26.7. The van der Waals surface area contributed by atoms with Gasteiger partial charge in [0, 0.05) is 18.5 Å². The van der Waals surface area contributed by atoms with E-state index in [0.717, 1.165) is 4.88 Å². The highest BCUT2D eigenvalue weighted by molar-refractivity contribution is 7.99. The van der Waals surface area contributed by atoms with Crippen molar-refractivity contribution < 1.29 is 9.59 Å². The highest BCUT2D eigenvalue weighted by Crippen LogP contribution is 2.13. The third-order valence-electron chi connectivity index (χ3n) is 3.01. The molecule has 0 unspecified atom stereocenters. The smallest absolute Gasteiger partial charge is 0.239 e. The SMILES string of the molecule is CCN(CC(=O)NCc1cccs1)C(=O)CSc1nnnn1C. The largest absolute Gasteiger partial charge is 0.350 e. The van der Waals surface area contributed by atoms with Crippen molar-refractivity contribution >= 4 is 34.9 Å². The van der Waals surface area contributed by atoms with Crippen LogP contribution in [0.1, 0.15) is 11.8 Å². The molecule has 0 fully saturated rings. The molecule has 0 aromatic carbocycles. The number of amides is 2. The van der Waals surface area contributed by atoms with Crippen molar-refractivity contribution in [2.75, 3.05) is 18.8 Å². The maximum absolute atomic E-state index is 12.2. The topological polar surface area (TPSA) is 93.0 Å². The van der Waals surface area contributed by atoms with Gasteiger partial charge in [-0.1, -0.05) is 17.8 Å². The summed E-state index contributed by atoms with van der Waals surface area (Å²) in [7, 11) is 1.71. The van der Waals surface area contributed by atoms with Crippen LogP contribution in [0.25, 0.3) is 0 Å². The number of thioether (sulfide) groups is 1. The predicted molar refractivity (Wildman–Crippen MR) is 87.9 cm³/mol. The van der Waals surface area contributed by atoms with Gasteiger partial charge in [0.2, 0.25) is 17.0 Å². The predicted octanol–water partition coefficient (Wildman–Crippen LogP) is 0.529. The van der Waals surface area contributed by atoms with Crippen LogP contribution in [0.5, 0.6) is 0 Å². The number of aryl methyl sites for hydroxylation is 1. The normalized spacial score (nSPS) is 10.5. The quantitative estimate of drug-likeness (QED) is 0.695. The molecule has 2 amide bonds. The molecule has 124 valence electrons. The first kappa shape index (κ1) is 17.4. The van der Waals surface area contributed by atoms with Crippen LogP contribution in [0.15, 0.2) is 22.7 Å². The molecule has 0 saturated heterocycles. The van der Waals surface area contributed by atoms with Crippen molar-refractivity contribution in [1.82, 2.24) is 30.4 Å². The van der Waals surface area contributed by atoms with Gasteiger partial charge in [-0.3, -0.25) is 9.59 Å². The zero-order valence-corrected chi connectivity index (χ0v) is 14.6. The number of nitrogens with zero attached hydrogens (tertiary/aromatic N) is 5. The van der Waals surface area contributed by atoms with Crippen LogP contribution in [0.3, 0.4) is 0 Å². The number of aromatic nitrogens is 4. The van der Waals surface area contributed by atoms with Gasteiger partial charge < -0.3 is 10.2 Å². The lowest BCUT2D eigenvalue weighted by Gasteiger charge is -2.19. The summed E-state index contributed by atoms with van der Waals surface area (Å²) >= 11 is 2.83. The third kappa shape index (κ3) is 5.32. The highest BCUT2D eigenvalue weighted by atomic mass is 32.2. The minimum atomic E-state index is -0.168. The molecular weight excluding hydrogens is 336 g/mol. The van der Waals surface area contributed by atoms with E-state index < -0.39 is 0 Å². The summed E-state index contributed by atoms with van der Waals surface area (Å²) in [5, 5.41) is 16.4. The Labute approximate surface area is 142 Å². The fourth-order valence-corrected chi connectivity index (χ4v) is 3.16. The van der Waals surface area contributed by atoms with Crippen LogP contribution in [0.2, 0.25) is 0 Å². The molecule has 1 N–H and O–H groups in total. The van der Waals surface area contributed by atoms with E-state index in [4.69, 9.17) is 0 Å². The van der Waals surface area contributed by atoms with E-state index in [1.807, 2.05) is 24.4 Å². The Morgan fingerprint density at radius 2 is 2.30 bits per heavy atom. The van der Waals surface area contributed by atoms with Crippen LogP contribution in [0, 0.1) is 0 Å². The summed E-state index contributed by atoms with van der Waals surface area (Å²) in [6.45, 7) is 2.86. The van der Waals surface area contributed by atoms with Gasteiger partial charge in [-0.25, -0.2) is 4.68 Å². The van der Waals surface area contributed by atoms with Crippen LogP contribution in [-0.4, -0.2) is 55.8 Å². The molecule has 2 aromatic rings. The highest BCUT2D eigenvalue weighted by Gasteiger charge is 2.17. The number of tetrazole rings is 1. The van der Waals surface area contributed by atoms with Crippen LogP contribution < -0.4 is 5.32 Å². The Morgan fingerprint density at radius 1 is 1.48 bits per heavy atom. The van der Waals surface area contributed by atoms with Crippen molar-refractivity contribution in [1.29, 1.82) is 0 Å². The lowest BCUT2D eigenvalue weighted by atomic mass is 10.4. The van der Waals surface area contributed by atoms with Crippen molar-refractivity contribution in [3.63, 3.8) is 0 Å². The number of carbonyl (C=O) groups is 2. The second-order valence-corrected chi connectivity index (χ2v) is 6.61. The molecule has 0 aliphatic rings. The molecule has 2 heterocycles. The molecular formula is C13H18N6O2S2. The molecule has 0 saturated carbocycles. The van der Waals surface area contributed by atoms with Crippen LogP contribution in [0.4, 0.5) is 0 Å². The number of hydrogen-bond donors (Lipinski definition) is 1. The zero-order valence-electron chi connectivity index (χ0n) is 12.9. The van der Waals surface area contributed by atoms with Gasteiger partial charge in [0.15, 0.2) is 0 Å². The molecule has 0 radical (unpaired) electrons. The van der Waals surface area contributed by atoms with Crippen molar-refractivity contribution in [2.24, 2.45) is 7.05 Å². The standard InChI is InChI=1S/C13H18N6O2S2/c1-3-19(8-11(20)14-7-10-5-4-6-22-10)12(21)9-23-13-15-16-17-18(13)2/h4-6H,3,7-9H2,1-2H3,(H,14,20). The Hall–Kier alpha value is -1.94. The van der Waals surface area contributed by atoms with E-state index in [1.165, 1.54) is 21.3 Å². The van der Waals surface area contributed by atoms with Crippen molar-refractivity contribution in [2.45, 2.75) is 18.6 Å². The van der Waals surface area contributed by atoms with E-state index >= 15 is 0 Å². The Bertz CT molecular complexity index is 643. The Kier molecular flexibility index (Phi) is 6.53. The Morgan fingerprint density at radius 3 is 2.91 bits per heavy atom. The second kappa shape index (κ2) is 8.63. The number of carbonyl (C=O) groups excluding carboxylic acids is 2. The monoisotopic (exact) mass is 354 g/mol. The van der Waals surface area contributed by atoms with E-state index in [2.05, 4.69) is 20.8 Å². The first-order valence-electron chi connectivity index (χ1n) is 7.02. The Balaban J connectivity index is 1.77. The fourth-order valence-electron chi connectivity index (χ4n) is 1.77. The van der Waals surface area contributed by atoms with Crippen LogP contribution in [-0.2, 0) is 23.2 Å². The van der Waals surface area contributed by atoms with Gasteiger partial charge in [-0.15, -0.1) is 16.4 Å². The molecule has 2 rings (SSSR count). The summed E-state index contributed by atoms with van der Waals surface area (Å²) in [5.74, 6) is -0.0917.